The quantitative estimate of drug-likeness (QED) is 0.582. The maximum absolute atomic E-state index is 13.1. The number of rotatable bonds is 4. The maximum atomic E-state index is 13.1. The Morgan fingerprint density at radius 2 is 1.85 bits per heavy atom. The molecule has 0 saturated heterocycles. The number of nitrogens with zero attached hydrogens (tertiary/aromatic N) is 2. The first-order chi connectivity index (χ1) is 12.6. The van der Waals surface area contributed by atoms with E-state index in [0.717, 1.165) is 21.0 Å². The maximum Gasteiger partial charge on any atom is 0.259 e. The molecular weight excluding hydrogens is 349 g/mol. The van der Waals surface area contributed by atoms with Gasteiger partial charge in [0.15, 0.2) is 0 Å². The smallest absolute Gasteiger partial charge is 0.259 e. The van der Waals surface area contributed by atoms with Gasteiger partial charge in [-0.3, -0.25) is 4.79 Å². The Morgan fingerprint density at radius 1 is 1.12 bits per heavy atom. The second-order valence-corrected chi connectivity index (χ2v) is 7.07. The van der Waals surface area contributed by atoms with Crippen molar-refractivity contribution in [1.29, 1.82) is 0 Å². The molecule has 0 amide bonds. The van der Waals surface area contributed by atoms with E-state index >= 15 is 0 Å². The van der Waals surface area contributed by atoms with E-state index in [1.807, 2.05) is 48.3 Å². The van der Waals surface area contributed by atoms with Crippen molar-refractivity contribution in [3.8, 4) is 10.4 Å². The average Bonchev–Trinajstić information content (AvgIpc) is 3.08. The molecule has 6 heteroatoms. The molecule has 2 aromatic heterocycles. The third kappa shape index (κ3) is 3.23. The fraction of sp³-hybridized carbons (Fsp3) is 0.100. The van der Waals surface area contributed by atoms with Gasteiger partial charge in [0.05, 0.1) is 11.9 Å². The van der Waals surface area contributed by atoms with Crippen LogP contribution in [0.2, 0.25) is 0 Å². The molecule has 1 N–H and O–H groups in total. The van der Waals surface area contributed by atoms with Gasteiger partial charge in [-0.25, -0.2) is 9.37 Å². The number of hydrogen-bond acceptors (Lipinski definition) is 4. The number of aromatic amines is 1. The van der Waals surface area contributed by atoms with E-state index in [-0.39, 0.29) is 11.4 Å². The van der Waals surface area contributed by atoms with Gasteiger partial charge < -0.3 is 9.88 Å². The molecule has 130 valence electrons. The summed E-state index contributed by atoms with van der Waals surface area (Å²) < 4.78 is 13.1. The number of benzene rings is 2. The number of H-pyrrole nitrogens is 1. The number of thiophene rings is 1. The minimum atomic E-state index is -0.276. The van der Waals surface area contributed by atoms with Crippen LogP contribution in [0.4, 0.5) is 10.1 Å². The molecule has 4 aromatic rings. The van der Waals surface area contributed by atoms with Crippen LogP contribution < -0.4 is 10.5 Å². The minimum absolute atomic E-state index is 0.143. The third-order valence-corrected chi connectivity index (χ3v) is 5.24. The van der Waals surface area contributed by atoms with Crippen LogP contribution in [0.15, 0.2) is 65.5 Å². The van der Waals surface area contributed by atoms with Crippen molar-refractivity contribution in [1.82, 2.24) is 9.97 Å². The lowest BCUT2D eigenvalue weighted by Gasteiger charge is -2.18. The zero-order valence-corrected chi connectivity index (χ0v) is 14.9. The van der Waals surface area contributed by atoms with E-state index in [4.69, 9.17) is 0 Å². The van der Waals surface area contributed by atoms with Crippen molar-refractivity contribution in [2.45, 2.75) is 6.54 Å². The molecule has 0 aliphatic rings. The van der Waals surface area contributed by atoms with Gasteiger partial charge in [-0.05, 0) is 35.9 Å². The molecule has 0 bridgehead atoms. The van der Waals surface area contributed by atoms with Gasteiger partial charge in [-0.1, -0.05) is 30.3 Å². The number of hydrogen-bond donors (Lipinski definition) is 1. The van der Waals surface area contributed by atoms with Crippen LogP contribution in [0, 0.1) is 5.82 Å². The van der Waals surface area contributed by atoms with E-state index in [2.05, 4.69) is 9.97 Å². The van der Waals surface area contributed by atoms with Crippen molar-refractivity contribution < 1.29 is 4.39 Å². The Labute approximate surface area is 153 Å². The summed E-state index contributed by atoms with van der Waals surface area (Å²) >= 11 is 1.50. The molecule has 0 radical (unpaired) electrons. The second kappa shape index (κ2) is 6.72. The Hall–Kier alpha value is -2.99. The summed E-state index contributed by atoms with van der Waals surface area (Å²) in [5, 5.41) is 0.599. The van der Waals surface area contributed by atoms with Crippen LogP contribution in [0.5, 0.6) is 0 Å². The first kappa shape index (κ1) is 16.5. The lowest BCUT2D eigenvalue weighted by molar-refractivity contribution is 0.627. The van der Waals surface area contributed by atoms with Crippen molar-refractivity contribution in [3.05, 3.63) is 82.7 Å². The lowest BCUT2D eigenvalue weighted by Crippen LogP contribution is -2.21. The molecule has 2 aromatic carbocycles. The zero-order valence-electron chi connectivity index (χ0n) is 14.1. The molecule has 0 fully saturated rings. The number of aromatic nitrogens is 2. The number of fused-ring (bicyclic) bond motifs is 1. The minimum Gasteiger partial charge on any atom is -0.367 e. The molecule has 0 unspecified atom stereocenters. The highest BCUT2D eigenvalue weighted by Crippen LogP contribution is 2.30. The molecule has 4 rings (SSSR count). The first-order valence-electron chi connectivity index (χ1n) is 8.15. The highest BCUT2D eigenvalue weighted by Gasteiger charge is 2.11. The van der Waals surface area contributed by atoms with Crippen LogP contribution in [-0.4, -0.2) is 17.0 Å². The fourth-order valence-corrected chi connectivity index (χ4v) is 3.86. The Morgan fingerprint density at radius 3 is 2.58 bits per heavy atom. The van der Waals surface area contributed by atoms with Crippen LogP contribution in [0.1, 0.15) is 5.82 Å². The van der Waals surface area contributed by atoms with Gasteiger partial charge in [0.25, 0.3) is 5.56 Å². The lowest BCUT2D eigenvalue weighted by atomic mass is 10.2. The molecule has 26 heavy (non-hydrogen) atoms. The van der Waals surface area contributed by atoms with Gasteiger partial charge in [0, 0.05) is 17.6 Å². The highest BCUT2D eigenvalue weighted by molar-refractivity contribution is 7.21. The largest absolute Gasteiger partial charge is 0.367 e. The number of nitrogens with one attached hydrogen (secondary N) is 1. The highest BCUT2D eigenvalue weighted by atomic mass is 32.1. The van der Waals surface area contributed by atoms with Gasteiger partial charge in [-0.2, -0.15) is 0 Å². The monoisotopic (exact) mass is 365 g/mol. The van der Waals surface area contributed by atoms with Crippen LogP contribution in [-0.2, 0) is 6.54 Å². The summed E-state index contributed by atoms with van der Waals surface area (Å²) in [6.45, 7) is 0.426. The van der Waals surface area contributed by atoms with Crippen molar-refractivity contribution in [2.24, 2.45) is 0 Å². The van der Waals surface area contributed by atoms with Crippen molar-refractivity contribution >= 4 is 27.2 Å². The molecule has 4 nitrogen and oxygen atoms in total. The summed E-state index contributed by atoms with van der Waals surface area (Å²) in [5.41, 5.74) is 1.78. The molecule has 0 atom stereocenters. The number of halogens is 1. The van der Waals surface area contributed by atoms with Crippen LogP contribution >= 0.6 is 11.3 Å². The Balaban J connectivity index is 1.66. The third-order valence-electron chi connectivity index (χ3n) is 4.16. The summed E-state index contributed by atoms with van der Waals surface area (Å²) in [7, 11) is 1.88. The van der Waals surface area contributed by atoms with E-state index < -0.39 is 0 Å². The van der Waals surface area contributed by atoms with E-state index in [1.165, 1.54) is 23.5 Å². The molecule has 2 heterocycles. The average molecular weight is 365 g/mol. The summed E-state index contributed by atoms with van der Waals surface area (Å²) in [5.74, 6) is 0.304. The Kier molecular flexibility index (Phi) is 4.26. The van der Waals surface area contributed by atoms with Crippen LogP contribution in [0.25, 0.3) is 20.7 Å². The first-order valence-corrected chi connectivity index (χ1v) is 8.97. The van der Waals surface area contributed by atoms with E-state index in [9.17, 15) is 9.18 Å². The molecule has 0 aliphatic carbocycles. The fourth-order valence-electron chi connectivity index (χ4n) is 2.81. The van der Waals surface area contributed by atoms with E-state index in [0.29, 0.717) is 17.8 Å². The molecular formula is C20H16FN3OS. The van der Waals surface area contributed by atoms with Crippen molar-refractivity contribution in [2.75, 3.05) is 11.9 Å². The van der Waals surface area contributed by atoms with Crippen molar-refractivity contribution in [3.63, 3.8) is 0 Å². The van der Waals surface area contributed by atoms with Gasteiger partial charge in [0.1, 0.15) is 16.5 Å². The van der Waals surface area contributed by atoms with Gasteiger partial charge >= 0.3 is 0 Å². The second-order valence-electron chi connectivity index (χ2n) is 6.04. The van der Waals surface area contributed by atoms with E-state index in [1.54, 1.807) is 12.1 Å². The zero-order chi connectivity index (χ0) is 18.1. The SMILES string of the molecule is CN(Cc1nc2sc(-c3ccccc3)cc2c(=O)[nH]1)c1ccc(F)cc1. The summed E-state index contributed by atoms with van der Waals surface area (Å²) in [6, 6.07) is 18.0. The molecule has 0 saturated carbocycles. The van der Waals surface area contributed by atoms with Gasteiger partial charge in [0.2, 0.25) is 0 Å². The van der Waals surface area contributed by atoms with Gasteiger partial charge in [-0.15, -0.1) is 11.3 Å². The molecule has 0 aliphatic heterocycles. The Bertz CT molecular complexity index is 1100. The topological polar surface area (TPSA) is 49.0 Å². The molecule has 0 spiro atoms. The summed E-state index contributed by atoms with van der Waals surface area (Å²) in [6.07, 6.45) is 0. The predicted molar refractivity (Wildman–Crippen MR) is 104 cm³/mol. The summed E-state index contributed by atoms with van der Waals surface area (Å²) in [4.78, 5) is 23.6. The number of anilines is 1. The van der Waals surface area contributed by atoms with Crippen LogP contribution in [0.3, 0.4) is 0 Å². The predicted octanol–water partition coefficient (Wildman–Crippen LogP) is 4.43. The normalized spacial score (nSPS) is 11.0. The standard InChI is InChI=1S/C20H16FN3OS/c1-24(15-9-7-14(21)8-10-15)12-18-22-19(25)16-11-17(26-20(16)23-18)13-5-3-2-4-6-13/h2-11H,12H2,1H3,(H,22,23,25).